The molecule has 3 amide bonds. The van der Waals surface area contributed by atoms with Gasteiger partial charge in [0.15, 0.2) is 0 Å². The number of hydrogen-bond donors (Lipinski definition) is 8. The van der Waals surface area contributed by atoms with E-state index in [0.717, 1.165) is 0 Å². The maximum absolute atomic E-state index is 12.5. The summed E-state index contributed by atoms with van der Waals surface area (Å²) in [6.45, 7) is 3.48. The Kier molecular flexibility index (Phi) is 12.4. The summed E-state index contributed by atoms with van der Waals surface area (Å²) < 4.78 is 0. The number of hydrogen-bond acceptors (Lipinski definition) is 8. The zero-order valence-electron chi connectivity index (χ0n) is 16.1. The van der Waals surface area contributed by atoms with E-state index in [1.807, 2.05) is 0 Å². The van der Waals surface area contributed by atoms with E-state index >= 15 is 0 Å². The van der Waals surface area contributed by atoms with Crippen LogP contribution in [0.2, 0.25) is 0 Å². The van der Waals surface area contributed by atoms with Crippen molar-refractivity contribution in [3.05, 3.63) is 0 Å². The Morgan fingerprint density at radius 1 is 0.897 bits per heavy atom. The lowest BCUT2D eigenvalue weighted by Gasteiger charge is -2.27. The van der Waals surface area contributed by atoms with Crippen LogP contribution in [0.4, 0.5) is 0 Å². The van der Waals surface area contributed by atoms with E-state index in [2.05, 4.69) is 41.2 Å². The molecule has 166 valence electrons. The van der Waals surface area contributed by atoms with Gasteiger partial charge in [0.2, 0.25) is 17.7 Å². The SMILES string of the molecule is CCC(C)C(NC(=O)C(CS)NC(=O)C(N)CC(=O)O)C(=O)NC(CS)C(=O)O. The fourth-order valence-corrected chi connectivity index (χ4v) is 2.66. The van der Waals surface area contributed by atoms with Crippen LogP contribution in [0.25, 0.3) is 0 Å². The largest absolute Gasteiger partial charge is 0.481 e. The standard InChI is InChI=1S/C16H28N4O7S2/c1-3-7(2)12(15(25)19-10(6-29)16(26)27)20-14(24)9(5-28)18-13(23)8(17)4-11(21)22/h7-10,12,28-29H,3-6,17H2,1-2H3,(H,18,23)(H,19,25)(H,20,24)(H,21,22)(H,26,27). The number of carbonyl (C=O) groups excluding carboxylic acids is 3. The summed E-state index contributed by atoms with van der Waals surface area (Å²) >= 11 is 7.87. The number of amides is 3. The van der Waals surface area contributed by atoms with E-state index in [1.165, 1.54) is 0 Å². The van der Waals surface area contributed by atoms with Crippen molar-refractivity contribution >= 4 is 54.9 Å². The Balaban J connectivity index is 5.23. The Labute approximate surface area is 179 Å². The molecule has 0 saturated carbocycles. The van der Waals surface area contributed by atoms with E-state index in [-0.39, 0.29) is 17.4 Å². The molecule has 0 aromatic heterocycles. The summed E-state index contributed by atoms with van der Waals surface area (Å²) in [5.74, 6) is -5.47. The van der Waals surface area contributed by atoms with Gasteiger partial charge in [-0.05, 0) is 5.92 Å². The number of carbonyl (C=O) groups is 5. The second-order valence-electron chi connectivity index (χ2n) is 6.40. The summed E-state index contributed by atoms with van der Waals surface area (Å²) in [6, 6.07) is -4.84. The zero-order valence-corrected chi connectivity index (χ0v) is 17.9. The lowest BCUT2D eigenvalue weighted by molar-refractivity contribution is -0.142. The van der Waals surface area contributed by atoms with Gasteiger partial charge in [0, 0.05) is 11.5 Å². The predicted molar refractivity (Wildman–Crippen MR) is 111 cm³/mol. The molecule has 0 rings (SSSR count). The Morgan fingerprint density at radius 3 is 1.83 bits per heavy atom. The van der Waals surface area contributed by atoms with Crippen molar-refractivity contribution in [2.24, 2.45) is 11.7 Å². The van der Waals surface area contributed by atoms with Gasteiger partial charge in [0.1, 0.15) is 18.1 Å². The van der Waals surface area contributed by atoms with Crippen LogP contribution < -0.4 is 21.7 Å². The van der Waals surface area contributed by atoms with Crippen LogP contribution in [-0.2, 0) is 24.0 Å². The molecule has 0 radical (unpaired) electrons. The number of nitrogens with one attached hydrogen (secondary N) is 3. The van der Waals surface area contributed by atoms with Crippen LogP contribution in [0.3, 0.4) is 0 Å². The topological polar surface area (TPSA) is 188 Å². The van der Waals surface area contributed by atoms with Gasteiger partial charge in [-0.3, -0.25) is 19.2 Å². The highest BCUT2D eigenvalue weighted by atomic mass is 32.1. The van der Waals surface area contributed by atoms with Crippen molar-refractivity contribution < 1.29 is 34.2 Å². The van der Waals surface area contributed by atoms with E-state index in [1.54, 1.807) is 13.8 Å². The van der Waals surface area contributed by atoms with Gasteiger partial charge in [-0.15, -0.1) is 0 Å². The maximum Gasteiger partial charge on any atom is 0.327 e. The molecule has 0 heterocycles. The smallest absolute Gasteiger partial charge is 0.327 e. The molecular weight excluding hydrogens is 424 g/mol. The fraction of sp³-hybridized carbons (Fsp3) is 0.688. The minimum Gasteiger partial charge on any atom is -0.481 e. The van der Waals surface area contributed by atoms with Crippen molar-refractivity contribution in [2.45, 2.75) is 50.9 Å². The van der Waals surface area contributed by atoms with Crippen molar-refractivity contribution in [3.63, 3.8) is 0 Å². The Bertz CT molecular complexity index is 620. The molecule has 0 spiro atoms. The summed E-state index contributed by atoms with van der Waals surface area (Å²) in [5, 5.41) is 24.8. The molecule has 0 bridgehead atoms. The first-order valence-electron chi connectivity index (χ1n) is 8.81. The predicted octanol–water partition coefficient (Wildman–Crippen LogP) is -1.77. The van der Waals surface area contributed by atoms with Gasteiger partial charge in [-0.2, -0.15) is 25.3 Å². The number of rotatable bonds is 13. The zero-order chi connectivity index (χ0) is 22.7. The van der Waals surface area contributed by atoms with Crippen molar-refractivity contribution in [2.75, 3.05) is 11.5 Å². The first-order chi connectivity index (χ1) is 13.5. The van der Waals surface area contributed by atoms with Gasteiger partial charge in [-0.1, -0.05) is 20.3 Å². The molecule has 13 heteroatoms. The highest BCUT2D eigenvalue weighted by Gasteiger charge is 2.32. The van der Waals surface area contributed by atoms with Crippen molar-refractivity contribution in [1.29, 1.82) is 0 Å². The summed E-state index contributed by atoms with van der Waals surface area (Å²) in [5.41, 5.74) is 5.46. The van der Waals surface area contributed by atoms with Crippen molar-refractivity contribution in [3.8, 4) is 0 Å². The minimum atomic E-state index is -1.36. The van der Waals surface area contributed by atoms with Crippen LogP contribution >= 0.6 is 25.3 Å². The van der Waals surface area contributed by atoms with Gasteiger partial charge in [0.25, 0.3) is 0 Å². The number of nitrogens with two attached hydrogens (primary N) is 1. The second kappa shape index (κ2) is 13.3. The molecule has 0 aromatic rings. The third kappa shape index (κ3) is 9.37. The van der Waals surface area contributed by atoms with Gasteiger partial charge in [0.05, 0.1) is 12.5 Å². The number of carboxylic acid groups (broad SMARTS) is 2. The lowest BCUT2D eigenvalue weighted by atomic mass is 9.97. The summed E-state index contributed by atoms with van der Waals surface area (Å²) in [4.78, 5) is 58.7. The van der Waals surface area contributed by atoms with E-state index in [0.29, 0.717) is 6.42 Å². The molecule has 0 aromatic carbocycles. The van der Waals surface area contributed by atoms with Gasteiger partial charge < -0.3 is 31.9 Å². The molecule has 29 heavy (non-hydrogen) atoms. The third-order valence-electron chi connectivity index (χ3n) is 4.14. The molecule has 0 fully saturated rings. The fourth-order valence-electron chi connectivity index (χ4n) is 2.16. The van der Waals surface area contributed by atoms with E-state index < -0.39 is 60.2 Å². The second-order valence-corrected chi connectivity index (χ2v) is 7.13. The molecule has 0 aliphatic rings. The average molecular weight is 453 g/mol. The number of aliphatic carboxylic acids is 2. The van der Waals surface area contributed by atoms with Crippen LogP contribution in [0.5, 0.6) is 0 Å². The first-order valence-corrected chi connectivity index (χ1v) is 10.1. The number of thiol groups is 2. The average Bonchev–Trinajstić information content (AvgIpc) is 2.66. The van der Waals surface area contributed by atoms with Gasteiger partial charge >= 0.3 is 11.9 Å². The van der Waals surface area contributed by atoms with Crippen LogP contribution in [-0.4, -0.2) is 75.5 Å². The molecule has 11 nitrogen and oxygen atoms in total. The molecule has 5 unspecified atom stereocenters. The van der Waals surface area contributed by atoms with Crippen molar-refractivity contribution in [1.82, 2.24) is 16.0 Å². The summed E-state index contributed by atoms with van der Waals surface area (Å²) in [6.07, 6.45) is -0.122. The molecule has 5 atom stereocenters. The lowest BCUT2D eigenvalue weighted by Crippen LogP contribution is -2.59. The first kappa shape index (κ1) is 27.0. The monoisotopic (exact) mass is 452 g/mol. The maximum atomic E-state index is 12.5. The minimum absolute atomic E-state index is 0.138. The highest BCUT2D eigenvalue weighted by molar-refractivity contribution is 7.80. The van der Waals surface area contributed by atoms with Crippen LogP contribution in [0.1, 0.15) is 26.7 Å². The molecule has 0 aliphatic heterocycles. The molecule has 0 saturated heterocycles. The third-order valence-corrected chi connectivity index (χ3v) is 4.87. The Morgan fingerprint density at radius 2 is 1.41 bits per heavy atom. The van der Waals surface area contributed by atoms with Gasteiger partial charge in [-0.25, -0.2) is 4.79 Å². The van der Waals surface area contributed by atoms with E-state index in [9.17, 15) is 24.0 Å². The highest BCUT2D eigenvalue weighted by Crippen LogP contribution is 2.09. The quantitative estimate of drug-likeness (QED) is 0.151. The Hall–Kier alpha value is -1.99. The number of carboxylic acids is 2. The van der Waals surface area contributed by atoms with Crippen LogP contribution in [0.15, 0.2) is 0 Å². The molecule has 7 N–H and O–H groups in total. The summed E-state index contributed by atoms with van der Waals surface area (Å²) in [7, 11) is 0. The normalized spacial score (nSPS) is 15.9. The molecule has 0 aliphatic carbocycles. The molecular formula is C16H28N4O7S2. The van der Waals surface area contributed by atoms with Crippen LogP contribution in [0, 0.1) is 5.92 Å². The van der Waals surface area contributed by atoms with E-state index in [4.69, 9.17) is 15.9 Å².